The highest BCUT2D eigenvalue weighted by Gasteiger charge is 2.16. The van der Waals surface area contributed by atoms with E-state index in [-0.39, 0.29) is 0 Å². The SMILES string of the molecule is C#CC(=O)OC(C#C)c1ccccc1OC. The molecule has 0 bridgehead atoms. The molecule has 3 nitrogen and oxygen atoms in total. The van der Waals surface area contributed by atoms with Crippen LogP contribution in [0.5, 0.6) is 5.75 Å². The van der Waals surface area contributed by atoms with Crippen LogP contribution in [0.25, 0.3) is 0 Å². The summed E-state index contributed by atoms with van der Waals surface area (Å²) < 4.78 is 9.99. The summed E-state index contributed by atoms with van der Waals surface area (Å²) >= 11 is 0. The number of methoxy groups -OCH3 is 1. The maximum Gasteiger partial charge on any atom is 0.385 e. The number of para-hydroxylation sites is 1. The van der Waals surface area contributed by atoms with Crippen LogP contribution in [0.4, 0.5) is 0 Å². The Morgan fingerprint density at radius 1 is 1.38 bits per heavy atom. The van der Waals surface area contributed by atoms with Gasteiger partial charge in [0.2, 0.25) is 0 Å². The van der Waals surface area contributed by atoms with Crippen LogP contribution in [-0.4, -0.2) is 13.1 Å². The van der Waals surface area contributed by atoms with Gasteiger partial charge in [0, 0.05) is 11.5 Å². The molecule has 0 aliphatic carbocycles. The van der Waals surface area contributed by atoms with Gasteiger partial charge >= 0.3 is 5.97 Å². The first kappa shape index (κ1) is 11.7. The lowest BCUT2D eigenvalue weighted by Gasteiger charge is -2.13. The molecule has 0 aliphatic rings. The summed E-state index contributed by atoms with van der Waals surface area (Å²) in [6, 6.07) is 7.00. The number of esters is 1. The molecular formula is C13H10O3. The van der Waals surface area contributed by atoms with Crippen LogP contribution >= 0.6 is 0 Å². The molecule has 0 N–H and O–H groups in total. The van der Waals surface area contributed by atoms with E-state index in [2.05, 4.69) is 5.92 Å². The summed E-state index contributed by atoms with van der Waals surface area (Å²) in [4.78, 5) is 11.0. The van der Waals surface area contributed by atoms with Crippen molar-refractivity contribution in [2.45, 2.75) is 6.10 Å². The number of carbonyl (C=O) groups is 1. The van der Waals surface area contributed by atoms with Gasteiger partial charge in [0.25, 0.3) is 0 Å². The third kappa shape index (κ3) is 2.56. The molecule has 0 spiro atoms. The Hall–Kier alpha value is -2.39. The fourth-order valence-corrected chi connectivity index (χ4v) is 1.21. The Labute approximate surface area is 94.4 Å². The van der Waals surface area contributed by atoms with Crippen molar-refractivity contribution in [3.8, 4) is 30.4 Å². The lowest BCUT2D eigenvalue weighted by molar-refractivity contribution is -0.139. The molecule has 0 aliphatic heterocycles. The molecule has 80 valence electrons. The van der Waals surface area contributed by atoms with Gasteiger partial charge in [0.05, 0.1) is 7.11 Å². The summed E-state index contributed by atoms with van der Waals surface area (Å²) in [5.74, 6) is 3.93. The van der Waals surface area contributed by atoms with Gasteiger partial charge in [-0.15, -0.1) is 12.8 Å². The van der Waals surface area contributed by atoms with Crippen molar-refractivity contribution in [1.82, 2.24) is 0 Å². The quantitative estimate of drug-likeness (QED) is 0.435. The van der Waals surface area contributed by atoms with Crippen LogP contribution in [0.2, 0.25) is 0 Å². The summed E-state index contributed by atoms with van der Waals surface area (Å²) in [6.07, 6.45) is 9.35. The normalized spacial score (nSPS) is 10.7. The third-order valence-electron chi connectivity index (χ3n) is 1.92. The van der Waals surface area contributed by atoms with Crippen molar-refractivity contribution in [2.24, 2.45) is 0 Å². The monoisotopic (exact) mass is 214 g/mol. The van der Waals surface area contributed by atoms with Gasteiger partial charge in [-0.2, -0.15) is 0 Å². The summed E-state index contributed by atoms with van der Waals surface area (Å²) in [6.45, 7) is 0. The highest BCUT2D eigenvalue weighted by atomic mass is 16.5. The predicted octanol–water partition coefficient (Wildman–Crippen LogP) is 1.55. The van der Waals surface area contributed by atoms with Crippen molar-refractivity contribution in [3.05, 3.63) is 29.8 Å². The van der Waals surface area contributed by atoms with Crippen molar-refractivity contribution in [3.63, 3.8) is 0 Å². The van der Waals surface area contributed by atoms with Gasteiger partial charge in [-0.25, -0.2) is 4.79 Å². The Bertz CT molecular complexity index is 463. The molecule has 0 saturated carbocycles. The molecule has 1 aromatic rings. The van der Waals surface area contributed by atoms with Crippen LogP contribution in [-0.2, 0) is 9.53 Å². The zero-order chi connectivity index (χ0) is 12.0. The second-order valence-corrected chi connectivity index (χ2v) is 2.84. The molecule has 1 rings (SSSR count). The van der Waals surface area contributed by atoms with E-state index < -0.39 is 12.1 Å². The Morgan fingerprint density at radius 2 is 2.06 bits per heavy atom. The number of ether oxygens (including phenoxy) is 2. The van der Waals surface area contributed by atoms with Gasteiger partial charge in [-0.1, -0.05) is 24.1 Å². The topological polar surface area (TPSA) is 35.5 Å². The van der Waals surface area contributed by atoms with E-state index in [0.717, 1.165) is 0 Å². The lowest BCUT2D eigenvalue weighted by atomic mass is 10.1. The average Bonchev–Trinajstić information content (AvgIpc) is 2.35. The van der Waals surface area contributed by atoms with E-state index in [1.165, 1.54) is 7.11 Å². The van der Waals surface area contributed by atoms with E-state index in [4.69, 9.17) is 22.3 Å². The predicted molar refractivity (Wildman–Crippen MR) is 59.5 cm³/mol. The molecule has 1 unspecified atom stereocenters. The number of hydrogen-bond acceptors (Lipinski definition) is 3. The Balaban J connectivity index is 3.01. The second kappa shape index (κ2) is 5.48. The Morgan fingerprint density at radius 3 is 2.62 bits per heavy atom. The number of benzene rings is 1. The van der Waals surface area contributed by atoms with Crippen LogP contribution in [0, 0.1) is 24.7 Å². The molecule has 0 amide bonds. The van der Waals surface area contributed by atoms with Gasteiger partial charge in [0.1, 0.15) is 5.75 Å². The van der Waals surface area contributed by atoms with E-state index >= 15 is 0 Å². The number of rotatable bonds is 3. The molecule has 0 fully saturated rings. The number of terminal acetylenes is 2. The molecule has 0 saturated heterocycles. The summed E-state index contributed by atoms with van der Waals surface area (Å²) in [5.41, 5.74) is 0.594. The van der Waals surface area contributed by atoms with E-state index in [0.29, 0.717) is 11.3 Å². The second-order valence-electron chi connectivity index (χ2n) is 2.84. The molecule has 0 heterocycles. The molecule has 3 heteroatoms. The number of carbonyl (C=O) groups excluding carboxylic acids is 1. The first-order valence-electron chi connectivity index (χ1n) is 4.49. The third-order valence-corrected chi connectivity index (χ3v) is 1.92. The van der Waals surface area contributed by atoms with Crippen LogP contribution in [0.15, 0.2) is 24.3 Å². The van der Waals surface area contributed by atoms with Crippen molar-refractivity contribution in [1.29, 1.82) is 0 Å². The van der Waals surface area contributed by atoms with Gasteiger partial charge < -0.3 is 9.47 Å². The maximum atomic E-state index is 11.0. The van der Waals surface area contributed by atoms with E-state index in [9.17, 15) is 4.79 Å². The summed E-state index contributed by atoms with van der Waals surface area (Å²) in [7, 11) is 1.51. The summed E-state index contributed by atoms with van der Waals surface area (Å²) in [5, 5.41) is 0. The van der Waals surface area contributed by atoms with Crippen LogP contribution < -0.4 is 4.74 Å². The van der Waals surface area contributed by atoms with E-state index in [1.807, 2.05) is 5.92 Å². The minimum atomic E-state index is -0.834. The molecule has 0 radical (unpaired) electrons. The first-order chi connectivity index (χ1) is 7.72. The minimum absolute atomic E-state index is 0.551. The minimum Gasteiger partial charge on any atom is -0.496 e. The fraction of sp³-hybridized carbons (Fsp3) is 0.154. The van der Waals surface area contributed by atoms with E-state index in [1.54, 1.807) is 24.3 Å². The molecule has 0 aromatic heterocycles. The zero-order valence-corrected chi connectivity index (χ0v) is 8.77. The van der Waals surface area contributed by atoms with Crippen LogP contribution in [0.3, 0.4) is 0 Å². The molecule has 1 atom stereocenters. The maximum absolute atomic E-state index is 11.0. The zero-order valence-electron chi connectivity index (χ0n) is 8.77. The van der Waals surface area contributed by atoms with Crippen LogP contribution in [0.1, 0.15) is 11.7 Å². The average molecular weight is 214 g/mol. The molecule has 16 heavy (non-hydrogen) atoms. The molecule has 1 aromatic carbocycles. The highest BCUT2D eigenvalue weighted by molar-refractivity contribution is 5.88. The van der Waals surface area contributed by atoms with Gasteiger partial charge in [-0.3, -0.25) is 0 Å². The van der Waals surface area contributed by atoms with Crippen molar-refractivity contribution in [2.75, 3.05) is 7.11 Å². The highest BCUT2D eigenvalue weighted by Crippen LogP contribution is 2.26. The van der Waals surface area contributed by atoms with Crippen molar-refractivity contribution < 1.29 is 14.3 Å². The molecular weight excluding hydrogens is 204 g/mol. The van der Waals surface area contributed by atoms with Gasteiger partial charge in [-0.05, 0) is 6.07 Å². The van der Waals surface area contributed by atoms with Crippen molar-refractivity contribution >= 4 is 5.97 Å². The number of hydrogen-bond donors (Lipinski definition) is 0. The first-order valence-corrected chi connectivity index (χ1v) is 4.49. The largest absolute Gasteiger partial charge is 0.496 e. The standard InChI is InChI=1S/C13H10O3/c1-4-11(16-13(14)5-2)10-8-6-7-9-12(10)15-3/h1-2,6-9,11H,3H3. The fourth-order valence-electron chi connectivity index (χ4n) is 1.21. The van der Waals surface area contributed by atoms with Gasteiger partial charge in [0.15, 0.2) is 6.10 Å². The Kier molecular flexibility index (Phi) is 4.00. The smallest absolute Gasteiger partial charge is 0.385 e. The lowest BCUT2D eigenvalue weighted by Crippen LogP contribution is -2.08.